The molecule has 1 atom stereocenters. The van der Waals surface area contributed by atoms with Crippen LogP contribution in [0.4, 0.5) is 20.2 Å². The highest BCUT2D eigenvalue weighted by Crippen LogP contribution is 2.17. The summed E-state index contributed by atoms with van der Waals surface area (Å²) in [4.78, 5) is 16.6. The predicted molar refractivity (Wildman–Crippen MR) is 94.7 cm³/mol. The first-order valence-corrected chi connectivity index (χ1v) is 8.35. The second kappa shape index (κ2) is 7.51. The monoisotopic (exact) mass is 345 g/mol. The Kier molecular flexibility index (Phi) is 5.16. The molecule has 1 heterocycles. The first kappa shape index (κ1) is 17.2. The molecule has 3 rings (SSSR count). The van der Waals surface area contributed by atoms with Crippen molar-refractivity contribution >= 4 is 17.3 Å². The zero-order chi connectivity index (χ0) is 17.8. The van der Waals surface area contributed by atoms with Crippen LogP contribution in [0.2, 0.25) is 0 Å². The molecule has 1 N–H and O–H groups in total. The Bertz CT molecular complexity index is 731. The second-order valence-corrected chi connectivity index (χ2v) is 6.14. The molecule has 2 aromatic carbocycles. The lowest BCUT2D eigenvalue weighted by Crippen LogP contribution is -2.52. The molecule has 0 radical (unpaired) electrons. The maximum absolute atomic E-state index is 13.3. The standard InChI is InChI=1S/C19H21F2N3O/c1-14(22-15-7-8-17(20)18(21)13-15)19(25)24-11-9-23(10-12-24)16-5-3-2-4-6-16/h2-8,13-14,22H,9-12H2,1H3. The third-order valence-corrected chi connectivity index (χ3v) is 4.39. The van der Waals surface area contributed by atoms with Crippen molar-refractivity contribution < 1.29 is 13.6 Å². The lowest BCUT2D eigenvalue weighted by Gasteiger charge is -2.37. The van der Waals surface area contributed by atoms with Crippen LogP contribution in [-0.4, -0.2) is 43.0 Å². The van der Waals surface area contributed by atoms with Gasteiger partial charge in [-0.25, -0.2) is 8.78 Å². The molecule has 1 saturated heterocycles. The Labute approximate surface area is 146 Å². The van der Waals surface area contributed by atoms with E-state index < -0.39 is 17.7 Å². The summed E-state index contributed by atoms with van der Waals surface area (Å²) in [5, 5.41) is 2.94. The Hall–Kier alpha value is -2.63. The number of para-hydroxylation sites is 1. The summed E-state index contributed by atoms with van der Waals surface area (Å²) in [5.74, 6) is -1.87. The van der Waals surface area contributed by atoms with Crippen molar-refractivity contribution in [3.8, 4) is 0 Å². The van der Waals surface area contributed by atoms with Crippen LogP contribution in [0.3, 0.4) is 0 Å². The van der Waals surface area contributed by atoms with E-state index in [-0.39, 0.29) is 5.91 Å². The number of carbonyl (C=O) groups is 1. The Morgan fingerprint density at radius 1 is 1.00 bits per heavy atom. The fourth-order valence-corrected chi connectivity index (χ4v) is 3.00. The molecule has 0 aromatic heterocycles. The van der Waals surface area contributed by atoms with Gasteiger partial charge in [-0.2, -0.15) is 0 Å². The number of nitrogens with zero attached hydrogens (tertiary/aromatic N) is 2. The van der Waals surface area contributed by atoms with Crippen LogP contribution in [0.1, 0.15) is 6.92 Å². The molecule has 2 aromatic rings. The normalized spacial score (nSPS) is 15.8. The van der Waals surface area contributed by atoms with E-state index in [1.165, 1.54) is 6.07 Å². The molecule has 0 bridgehead atoms. The lowest BCUT2D eigenvalue weighted by molar-refractivity contribution is -0.131. The zero-order valence-electron chi connectivity index (χ0n) is 14.1. The van der Waals surface area contributed by atoms with Crippen molar-refractivity contribution in [2.24, 2.45) is 0 Å². The third-order valence-electron chi connectivity index (χ3n) is 4.39. The fourth-order valence-electron chi connectivity index (χ4n) is 3.00. The molecule has 1 fully saturated rings. The van der Waals surface area contributed by atoms with Gasteiger partial charge in [0.2, 0.25) is 5.91 Å². The Balaban J connectivity index is 1.55. The first-order valence-electron chi connectivity index (χ1n) is 8.35. The molecule has 0 spiro atoms. The maximum Gasteiger partial charge on any atom is 0.244 e. The topological polar surface area (TPSA) is 35.6 Å². The molecule has 1 aliphatic rings. The van der Waals surface area contributed by atoms with E-state index in [0.717, 1.165) is 30.9 Å². The van der Waals surface area contributed by atoms with Crippen molar-refractivity contribution in [2.75, 3.05) is 36.4 Å². The van der Waals surface area contributed by atoms with Crippen LogP contribution in [0.25, 0.3) is 0 Å². The van der Waals surface area contributed by atoms with Gasteiger partial charge in [-0.3, -0.25) is 4.79 Å². The molecule has 4 nitrogen and oxygen atoms in total. The van der Waals surface area contributed by atoms with Crippen LogP contribution in [0, 0.1) is 11.6 Å². The molecule has 132 valence electrons. The molecule has 1 aliphatic heterocycles. The van der Waals surface area contributed by atoms with Gasteiger partial charge >= 0.3 is 0 Å². The Morgan fingerprint density at radius 3 is 2.32 bits per heavy atom. The van der Waals surface area contributed by atoms with E-state index >= 15 is 0 Å². The first-order chi connectivity index (χ1) is 12.0. The highest BCUT2D eigenvalue weighted by Gasteiger charge is 2.25. The van der Waals surface area contributed by atoms with Crippen LogP contribution in [0.15, 0.2) is 48.5 Å². The summed E-state index contributed by atoms with van der Waals surface area (Å²) in [5.41, 5.74) is 1.55. The van der Waals surface area contributed by atoms with E-state index in [1.54, 1.807) is 11.8 Å². The van der Waals surface area contributed by atoms with Crippen molar-refractivity contribution in [1.82, 2.24) is 4.90 Å². The van der Waals surface area contributed by atoms with Gasteiger partial charge in [-0.1, -0.05) is 18.2 Å². The Morgan fingerprint density at radius 2 is 1.68 bits per heavy atom. The molecule has 6 heteroatoms. The molecular formula is C19H21F2N3O. The number of piperazine rings is 1. The molecule has 1 amide bonds. The number of carbonyl (C=O) groups excluding carboxylic acids is 1. The summed E-state index contributed by atoms with van der Waals surface area (Å²) < 4.78 is 26.3. The van der Waals surface area contributed by atoms with Crippen molar-refractivity contribution in [1.29, 1.82) is 0 Å². The van der Waals surface area contributed by atoms with E-state index in [2.05, 4.69) is 22.3 Å². The number of amides is 1. The highest BCUT2D eigenvalue weighted by molar-refractivity contribution is 5.84. The number of nitrogens with one attached hydrogen (secondary N) is 1. The fraction of sp³-hybridized carbons (Fsp3) is 0.316. The third kappa shape index (κ3) is 4.07. The van der Waals surface area contributed by atoms with Gasteiger partial charge < -0.3 is 15.1 Å². The number of rotatable bonds is 4. The van der Waals surface area contributed by atoms with Gasteiger partial charge in [0.25, 0.3) is 0 Å². The van der Waals surface area contributed by atoms with Crippen molar-refractivity contribution in [2.45, 2.75) is 13.0 Å². The number of halogens is 2. The number of hydrogen-bond donors (Lipinski definition) is 1. The van der Waals surface area contributed by atoms with Crippen molar-refractivity contribution in [3.05, 3.63) is 60.2 Å². The molecule has 0 aliphatic carbocycles. The quantitative estimate of drug-likeness (QED) is 0.925. The average Bonchev–Trinajstić information content (AvgIpc) is 2.65. The van der Waals surface area contributed by atoms with E-state index in [4.69, 9.17) is 0 Å². The summed E-state index contributed by atoms with van der Waals surface area (Å²) in [6.45, 7) is 4.55. The summed E-state index contributed by atoms with van der Waals surface area (Å²) in [7, 11) is 0. The van der Waals surface area contributed by atoms with Gasteiger partial charge in [-0.05, 0) is 31.2 Å². The minimum Gasteiger partial charge on any atom is -0.374 e. The summed E-state index contributed by atoms with van der Waals surface area (Å²) in [6.07, 6.45) is 0. The van der Waals surface area contributed by atoms with E-state index in [1.807, 2.05) is 18.2 Å². The predicted octanol–water partition coefficient (Wildman–Crippen LogP) is 3.11. The van der Waals surface area contributed by atoms with Gasteiger partial charge in [0.05, 0.1) is 0 Å². The molecule has 1 unspecified atom stereocenters. The SMILES string of the molecule is CC(Nc1ccc(F)c(F)c1)C(=O)N1CCN(c2ccccc2)CC1. The van der Waals surface area contributed by atoms with Gasteiger partial charge in [0, 0.05) is 43.6 Å². The van der Waals surface area contributed by atoms with Crippen molar-refractivity contribution in [3.63, 3.8) is 0 Å². The summed E-state index contributed by atoms with van der Waals surface area (Å²) in [6, 6.07) is 13.1. The van der Waals surface area contributed by atoms with Gasteiger partial charge in [-0.15, -0.1) is 0 Å². The lowest BCUT2D eigenvalue weighted by atomic mass is 10.2. The van der Waals surface area contributed by atoms with Crippen LogP contribution in [-0.2, 0) is 4.79 Å². The summed E-state index contributed by atoms with van der Waals surface area (Å²) >= 11 is 0. The van der Waals surface area contributed by atoms with Crippen LogP contribution < -0.4 is 10.2 Å². The van der Waals surface area contributed by atoms with E-state index in [9.17, 15) is 13.6 Å². The van der Waals surface area contributed by atoms with Crippen LogP contribution >= 0.6 is 0 Å². The number of benzene rings is 2. The van der Waals surface area contributed by atoms with E-state index in [0.29, 0.717) is 18.8 Å². The molecule has 0 saturated carbocycles. The molecular weight excluding hydrogens is 324 g/mol. The zero-order valence-corrected chi connectivity index (χ0v) is 14.1. The maximum atomic E-state index is 13.3. The smallest absolute Gasteiger partial charge is 0.244 e. The van der Waals surface area contributed by atoms with Gasteiger partial charge in [0.15, 0.2) is 11.6 Å². The number of anilines is 2. The largest absolute Gasteiger partial charge is 0.374 e. The number of hydrogen-bond acceptors (Lipinski definition) is 3. The van der Waals surface area contributed by atoms with Crippen LogP contribution in [0.5, 0.6) is 0 Å². The minimum atomic E-state index is -0.930. The van der Waals surface area contributed by atoms with Gasteiger partial charge in [0.1, 0.15) is 6.04 Å². The minimum absolute atomic E-state index is 0.0440. The second-order valence-electron chi connectivity index (χ2n) is 6.14. The molecule has 25 heavy (non-hydrogen) atoms. The highest BCUT2D eigenvalue weighted by atomic mass is 19.2. The average molecular weight is 345 g/mol.